The maximum absolute atomic E-state index is 12.6. The normalized spacial score (nSPS) is 25.9. The van der Waals surface area contributed by atoms with E-state index in [1.54, 1.807) is 30.3 Å². The van der Waals surface area contributed by atoms with E-state index in [-0.39, 0.29) is 12.0 Å². The van der Waals surface area contributed by atoms with Crippen LogP contribution in [0.4, 0.5) is 0 Å². The standard InChI is InChI=1S/C14H18NO13P3/c16-11-7-13(15-6-5-9-3-1-2-4-10(9)14(15)17)26-12(11)8-25-30(21,22)28-31(23,24)27-29(18,19)20/h1-6,11-13,16H,7-8H2,(H,21,22)(H,23,24)(H2,18,19,20). The number of nitrogens with zero attached hydrogens (tertiary/aromatic N) is 1. The number of ether oxygens (including phenoxy) is 1. The topological polar surface area (TPSA) is 211 Å². The summed E-state index contributed by atoms with van der Waals surface area (Å²) in [5.74, 6) is 0. The molecule has 1 aromatic carbocycles. The molecule has 1 aromatic heterocycles. The molecule has 1 saturated heterocycles. The van der Waals surface area contributed by atoms with Crippen LogP contribution in [-0.2, 0) is 31.6 Å². The lowest BCUT2D eigenvalue weighted by atomic mass is 10.1. The minimum atomic E-state index is -5.65. The third-order valence-electron chi connectivity index (χ3n) is 4.17. The number of phosphoric acid groups is 3. The van der Waals surface area contributed by atoms with Crippen LogP contribution in [0.3, 0.4) is 0 Å². The van der Waals surface area contributed by atoms with Crippen molar-refractivity contribution in [1.29, 1.82) is 0 Å². The molecule has 5 N–H and O–H groups in total. The van der Waals surface area contributed by atoms with Crippen molar-refractivity contribution >= 4 is 34.2 Å². The van der Waals surface area contributed by atoms with Crippen LogP contribution in [0.2, 0.25) is 0 Å². The first-order valence-corrected chi connectivity index (χ1v) is 13.0. The number of phosphoric ester groups is 1. The first-order valence-electron chi connectivity index (χ1n) is 8.48. The van der Waals surface area contributed by atoms with E-state index < -0.39 is 48.5 Å². The van der Waals surface area contributed by atoms with Crippen LogP contribution in [0.15, 0.2) is 41.3 Å². The number of pyridine rings is 1. The predicted octanol–water partition coefficient (Wildman–Crippen LogP) is 0.993. The molecule has 5 atom stereocenters. The van der Waals surface area contributed by atoms with Crippen molar-refractivity contribution in [2.75, 3.05) is 6.61 Å². The lowest BCUT2D eigenvalue weighted by Crippen LogP contribution is -2.27. The van der Waals surface area contributed by atoms with Crippen molar-refractivity contribution in [1.82, 2.24) is 4.57 Å². The first kappa shape index (κ1) is 24.4. The van der Waals surface area contributed by atoms with E-state index in [1.165, 1.54) is 10.8 Å². The number of aliphatic hydroxyl groups is 1. The third-order valence-corrected chi connectivity index (χ3v) is 7.98. The quantitative estimate of drug-likeness (QED) is 0.320. The van der Waals surface area contributed by atoms with Crippen molar-refractivity contribution in [3.05, 3.63) is 46.9 Å². The van der Waals surface area contributed by atoms with E-state index in [0.717, 1.165) is 0 Å². The Morgan fingerprint density at radius 2 is 1.71 bits per heavy atom. The highest BCUT2D eigenvalue weighted by Gasteiger charge is 2.42. The first-order chi connectivity index (χ1) is 14.3. The van der Waals surface area contributed by atoms with Crippen molar-refractivity contribution in [2.24, 2.45) is 0 Å². The highest BCUT2D eigenvalue weighted by Crippen LogP contribution is 2.66. The van der Waals surface area contributed by atoms with Gasteiger partial charge in [-0.3, -0.25) is 13.9 Å². The van der Waals surface area contributed by atoms with Gasteiger partial charge in [0.25, 0.3) is 5.56 Å². The Kier molecular flexibility index (Phi) is 7.05. The molecule has 2 aromatic rings. The zero-order chi connectivity index (χ0) is 23.0. The zero-order valence-electron chi connectivity index (χ0n) is 15.4. The highest BCUT2D eigenvalue weighted by atomic mass is 31.3. The fourth-order valence-electron chi connectivity index (χ4n) is 2.94. The third kappa shape index (κ3) is 6.39. The van der Waals surface area contributed by atoms with Crippen LogP contribution < -0.4 is 5.56 Å². The van der Waals surface area contributed by atoms with Gasteiger partial charge in [-0.2, -0.15) is 8.62 Å². The van der Waals surface area contributed by atoms with Crippen LogP contribution >= 0.6 is 23.5 Å². The molecular formula is C14H18NO13P3. The van der Waals surface area contributed by atoms with Crippen LogP contribution in [0.5, 0.6) is 0 Å². The lowest BCUT2D eigenvalue weighted by Gasteiger charge is -2.19. The Balaban J connectivity index is 1.66. The van der Waals surface area contributed by atoms with Gasteiger partial charge in [0, 0.05) is 18.0 Å². The second-order valence-corrected chi connectivity index (χ2v) is 10.9. The average molecular weight is 501 g/mol. The number of aliphatic hydroxyl groups excluding tert-OH is 1. The van der Waals surface area contributed by atoms with E-state index in [2.05, 4.69) is 13.1 Å². The van der Waals surface area contributed by atoms with Gasteiger partial charge in [-0.25, -0.2) is 13.7 Å². The van der Waals surface area contributed by atoms with Crippen molar-refractivity contribution in [2.45, 2.75) is 24.9 Å². The van der Waals surface area contributed by atoms with Crippen LogP contribution in [0, 0.1) is 0 Å². The van der Waals surface area contributed by atoms with Crippen molar-refractivity contribution < 1.29 is 56.3 Å². The Morgan fingerprint density at radius 3 is 2.39 bits per heavy atom. The lowest BCUT2D eigenvalue weighted by molar-refractivity contribution is -0.0444. The fraction of sp³-hybridized carbons (Fsp3) is 0.357. The van der Waals surface area contributed by atoms with E-state index in [9.17, 15) is 28.5 Å². The molecule has 3 rings (SSSR count). The molecule has 1 aliphatic heterocycles. The molecule has 0 spiro atoms. The largest absolute Gasteiger partial charge is 0.490 e. The summed E-state index contributed by atoms with van der Waals surface area (Å²) in [6.07, 6.45) is -2.00. The number of rotatable bonds is 8. The molecule has 14 nitrogen and oxygen atoms in total. The molecular weight excluding hydrogens is 483 g/mol. The Hall–Kier alpha value is -1.24. The number of benzene rings is 1. The minimum absolute atomic E-state index is 0.0668. The predicted molar refractivity (Wildman–Crippen MR) is 103 cm³/mol. The van der Waals surface area contributed by atoms with E-state index >= 15 is 0 Å². The molecule has 0 aliphatic carbocycles. The van der Waals surface area contributed by atoms with Gasteiger partial charge in [-0.15, -0.1) is 0 Å². The summed E-state index contributed by atoms with van der Waals surface area (Å²) >= 11 is 0. The molecule has 2 heterocycles. The summed E-state index contributed by atoms with van der Waals surface area (Å²) in [7, 11) is -16.5. The van der Waals surface area contributed by atoms with E-state index in [0.29, 0.717) is 10.8 Å². The molecule has 0 radical (unpaired) electrons. The second-order valence-electron chi connectivity index (χ2n) is 6.43. The van der Waals surface area contributed by atoms with Crippen LogP contribution in [0.1, 0.15) is 12.6 Å². The van der Waals surface area contributed by atoms with E-state index in [1.807, 2.05) is 0 Å². The summed E-state index contributed by atoms with van der Waals surface area (Å²) in [6.45, 7) is -0.816. The highest BCUT2D eigenvalue weighted by molar-refractivity contribution is 7.66. The van der Waals surface area contributed by atoms with Gasteiger partial charge in [0.05, 0.1) is 12.7 Å². The minimum Gasteiger partial charge on any atom is -0.390 e. The summed E-state index contributed by atoms with van der Waals surface area (Å²) in [5.41, 5.74) is -0.385. The maximum atomic E-state index is 12.6. The summed E-state index contributed by atoms with van der Waals surface area (Å²) in [4.78, 5) is 48.3. The van der Waals surface area contributed by atoms with Gasteiger partial charge in [0.1, 0.15) is 12.3 Å². The second kappa shape index (κ2) is 8.95. The summed E-state index contributed by atoms with van der Waals surface area (Å²) in [6, 6.07) is 8.49. The van der Waals surface area contributed by atoms with Crippen LogP contribution in [-0.4, -0.2) is 48.1 Å². The van der Waals surface area contributed by atoms with Crippen molar-refractivity contribution in [3.63, 3.8) is 0 Å². The fourth-order valence-corrected chi connectivity index (χ4v) is 5.97. The molecule has 0 saturated carbocycles. The van der Waals surface area contributed by atoms with E-state index in [4.69, 9.17) is 19.4 Å². The number of hydrogen-bond donors (Lipinski definition) is 5. The van der Waals surface area contributed by atoms with Gasteiger partial charge >= 0.3 is 23.5 Å². The SMILES string of the molecule is O=c1c2ccccc2ccn1C1CC(O)C(COP(=O)(O)OP(=O)(O)OP(=O)(O)O)O1. The molecule has 0 amide bonds. The molecule has 31 heavy (non-hydrogen) atoms. The number of hydrogen-bond acceptors (Lipinski definition) is 9. The summed E-state index contributed by atoms with van der Waals surface area (Å²) < 4.78 is 52.1. The molecule has 17 heteroatoms. The molecule has 1 aliphatic rings. The molecule has 5 unspecified atom stereocenters. The summed E-state index contributed by atoms with van der Waals surface area (Å²) in [5, 5.41) is 11.3. The Morgan fingerprint density at radius 1 is 1.03 bits per heavy atom. The van der Waals surface area contributed by atoms with Gasteiger partial charge < -0.3 is 29.4 Å². The number of fused-ring (bicyclic) bond motifs is 1. The Labute approximate surface area is 174 Å². The average Bonchev–Trinajstić information content (AvgIpc) is 2.98. The molecule has 0 bridgehead atoms. The van der Waals surface area contributed by atoms with Gasteiger partial charge in [-0.05, 0) is 17.5 Å². The van der Waals surface area contributed by atoms with Gasteiger partial charge in [0.15, 0.2) is 0 Å². The van der Waals surface area contributed by atoms with Crippen LogP contribution in [0.25, 0.3) is 10.8 Å². The molecule has 1 fully saturated rings. The maximum Gasteiger partial charge on any atom is 0.490 e. The van der Waals surface area contributed by atoms with Crippen molar-refractivity contribution in [3.8, 4) is 0 Å². The number of aromatic nitrogens is 1. The zero-order valence-corrected chi connectivity index (χ0v) is 18.1. The molecule has 172 valence electrons. The smallest absolute Gasteiger partial charge is 0.390 e. The van der Waals surface area contributed by atoms with Gasteiger partial charge in [0.2, 0.25) is 0 Å². The monoisotopic (exact) mass is 501 g/mol. The van der Waals surface area contributed by atoms with Gasteiger partial charge in [-0.1, -0.05) is 18.2 Å². The Bertz CT molecular complexity index is 1160.